The van der Waals surface area contributed by atoms with Crippen LogP contribution in [0.2, 0.25) is 0 Å². The Morgan fingerprint density at radius 1 is 1.53 bits per heavy atom. The van der Waals surface area contributed by atoms with Crippen LogP contribution in [0.25, 0.3) is 5.70 Å². The Balaban J connectivity index is 2.70. The number of ether oxygens (including phenoxy) is 1. The summed E-state index contributed by atoms with van der Waals surface area (Å²) in [5.74, 6) is 2.16. The maximum atomic E-state index is 5.19. The average molecular weight is 234 g/mol. The van der Waals surface area contributed by atoms with Gasteiger partial charge in [-0.3, -0.25) is 0 Å². The maximum Gasteiger partial charge on any atom is 0.184 e. The van der Waals surface area contributed by atoms with Gasteiger partial charge < -0.3 is 4.74 Å². The zero-order valence-corrected chi connectivity index (χ0v) is 10.8. The van der Waals surface area contributed by atoms with Gasteiger partial charge in [-0.05, 0) is 26.8 Å². The predicted molar refractivity (Wildman–Crippen MR) is 68.7 cm³/mol. The summed E-state index contributed by atoms with van der Waals surface area (Å²) in [7, 11) is 0. The predicted octanol–water partition coefficient (Wildman–Crippen LogP) is 2.33. The van der Waals surface area contributed by atoms with Crippen LogP contribution in [0.5, 0.6) is 0 Å². The van der Waals surface area contributed by atoms with E-state index in [9.17, 15) is 0 Å². The summed E-state index contributed by atoms with van der Waals surface area (Å²) >= 11 is 0. The Morgan fingerprint density at radius 3 is 2.76 bits per heavy atom. The van der Waals surface area contributed by atoms with E-state index in [2.05, 4.69) is 21.7 Å². The summed E-state index contributed by atoms with van der Waals surface area (Å²) in [4.78, 5) is 8.31. The monoisotopic (exact) mass is 234 g/mol. The van der Waals surface area contributed by atoms with Gasteiger partial charge in [-0.15, -0.1) is 0 Å². The number of nitrogens with zero attached hydrogens (tertiary/aromatic N) is 4. The standard InChI is InChI=1S/C12H18N4O/c1-6-17-12(5)13-8-7-9(2)16-11(4)14-10(3)15-16/h7-8H,2,6H2,1,3-5H3/b8-7-,13-12?. The zero-order chi connectivity index (χ0) is 12.8. The number of aryl methyl sites for hydroxylation is 2. The molecular weight excluding hydrogens is 216 g/mol. The van der Waals surface area contributed by atoms with Crippen LogP contribution in [0.3, 0.4) is 0 Å². The first-order valence-corrected chi connectivity index (χ1v) is 5.48. The van der Waals surface area contributed by atoms with Crippen LogP contribution in [-0.4, -0.2) is 27.3 Å². The van der Waals surface area contributed by atoms with Gasteiger partial charge in [-0.25, -0.2) is 14.7 Å². The lowest BCUT2D eigenvalue weighted by Crippen LogP contribution is -1.99. The van der Waals surface area contributed by atoms with E-state index in [0.29, 0.717) is 12.5 Å². The van der Waals surface area contributed by atoms with Crippen molar-refractivity contribution in [2.45, 2.75) is 27.7 Å². The molecule has 0 N–H and O–H groups in total. The molecule has 0 aromatic carbocycles. The van der Waals surface area contributed by atoms with Gasteiger partial charge in [0.15, 0.2) is 5.90 Å². The fourth-order valence-electron chi connectivity index (χ4n) is 1.34. The Morgan fingerprint density at radius 2 is 2.24 bits per heavy atom. The van der Waals surface area contributed by atoms with Crippen molar-refractivity contribution >= 4 is 11.6 Å². The van der Waals surface area contributed by atoms with Crippen LogP contribution in [0.1, 0.15) is 25.5 Å². The molecule has 0 unspecified atom stereocenters. The Hall–Kier alpha value is -1.91. The highest BCUT2D eigenvalue weighted by Crippen LogP contribution is 2.06. The van der Waals surface area contributed by atoms with Gasteiger partial charge in [0.25, 0.3) is 0 Å². The summed E-state index contributed by atoms with van der Waals surface area (Å²) in [6.07, 6.45) is 3.41. The lowest BCUT2D eigenvalue weighted by Gasteiger charge is -2.01. The van der Waals surface area contributed by atoms with Crippen molar-refractivity contribution in [1.82, 2.24) is 14.8 Å². The zero-order valence-electron chi connectivity index (χ0n) is 10.8. The van der Waals surface area contributed by atoms with Crippen LogP contribution in [-0.2, 0) is 4.74 Å². The number of rotatable bonds is 4. The van der Waals surface area contributed by atoms with E-state index in [-0.39, 0.29) is 0 Å². The van der Waals surface area contributed by atoms with Crippen molar-refractivity contribution in [2.75, 3.05) is 6.61 Å². The minimum Gasteiger partial charge on any atom is -0.481 e. The van der Waals surface area contributed by atoms with E-state index in [1.165, 1.54) is 0 Å². The molecule has 0 aliphatic rings. The van der Waals surface area contributed by atoms with E-state index in [1.807, 2.05) is 27.7 Å². The molecule has 0 aliphatic carbocycles. The summed E-state index contributed by atoms with van der Waals surface area (Å²) in [6, 6.07) is 0. The van der Waals surface area contributed by atoms with Gasteiger partial charge in [0.2, 0.25) is 0 Å². The van der Waals surface area contributed by atoms with Crippen LogP contribution in [0.15, 0.2) is 23.8 Å². The third-order valence-corrected chi connectivity index (χ3v) is 2.02. The summed E-state index contributed by atoms with van der Waals surface area (Å²) in [6.45, 7) is 12.0. The summed E-state index contributed by atoms with van der Waals surface area (Å²) in [5, 5.41) is 4.22. The molecule has 1 aromatic rings. The highest BCUT2D eigenvalue weighted by molar-refractivity contribution is 5.74. The smallest absolute Gasteiger partial charge is 0.184 e. The number of aliphatic imine (C=N–C) groups is 1. The summed E-state index contributed by atoms with van der Waals surface area (Å²) in [5.41, 5.74) is 0.719. The minimum absolute atomic E-state index is 0.617. The number of hydrogen-bond donors (Lipinski definition) is 0. The molecule has 1 rings (SSSR count). The van der Waals surface area contributed by atoms with Gasteiger partial charge in [0, 0.05) is 13.1 Å². The van der Waals surface area contributed by atoms with Crippen molar-refractivity contribution in [1.29, 1.82) is 0 Å². The molecule has 0 amide bonds. The highest BCUT2D eigenvalue weighted by atomic mass is 16.5. The Kier molecular flexibility index (Phi) is 4.63. The third-order valence-electron chi connectivity index (χ3n) is 2.02. The molecular formula is C12H18N4O. The molecule has 17 heavy (non-hydrogen) atoms. The van der Waals surface area contributed by atoms with E-state index >= 15 is 0 Å². The van der Waals surface area contributed by atoms with Crippen LogP contribution in [0.4, 0.5) is 0 Å². The van der Waals surface area contributed by atoms with Gasteiger partial charge in [0.05, 0.1) is 12.3 Å². The molecule has 0 saturated carbocycles. The van der Waals surface area contributed by atoms with E-state index in [4.69, 9.17) is 4.74 Å². The topological polar surface area (TPSA) is 52.3 Å². The van der Waals surface area contributed by atoms with Gasteiger partial charge in [-0.1, -0.05) is 6.58 Å². The number of allylic oxidation sites excluding steroid dienone is 2. The first kappa shape index (κ1) is 13.2. The fourth-order valence-corrected chi connectivity index (χ4v) is 1.34. The van der Waals surface area contributed by atoms with E-state index in [1.54, 1.807) is 17.0 Å². The van der Waals surface area contributed by atoms with Gasteiger partial charge in [-0.2, -0.15) is 5.10 Å². The lowest BCUT2D eigenvalue weighted by atomic mass is 10.4. The molecule has 0 bridgehead atoms. The molecule has 0 saturated heterocycles. The van der Waals surface area contributed by atoms with Crippen LogP contribution >= 0.6 is 0 Å². The molecule has 5 nitrogen and oxygen atoms in total. The molecule has 0 aliphatic heterocycles. The molecule has 0 radical (unpaired) electrons. The molecule has 1 aromatic heterocycles. The van der Waals surface area contributed by atoms with Crippen molar-refractivity contribution < 1.29 is 4.74 Å². The second-order valence-electron chi connectivity index (χ2n) is 3.51. The Bertz CT molecular complexity index is 457. The second kappa shape index (κ2) is 5.98. The number of hydrogen-bond acceptors (Lipinski definition) is 4. The molecule has 1 heterocycles. The van der Waals surface area contributed by atoms with Gasteiger partial charge >= 0.3 is 0 Å². The number of aromatic nitrogens is 3. The van der Waals surface area contributed by atoms with Gasteiger partial charge in [0.1, 0.15) is 11.6 Å². The SMILES string of the molecule is C=C(/C=C\N=C(C)OCC)n1nc(C)nc1C. The van der Waals surface area contributed by atoms with Crippen LogP contribution < -0.4 is 0 Å². The van der Waals surface area contributed by atoms with Crippen molar-refractivity contribution in [3.05, 3.63) is 30.5 Å². The molecule has 92 valence electrons. The maximum absolute atomic E-state index is 5.19. The van der Waals surface area contributed by atoms with Crippen molar-refractivity contribution in [3.8, 4) is 0 Å². The molecule has 5 heteroatoms. The van der Waals surface area contributed by atoms with Crippen LogP contribution in [0, 0.1) is 13.8 Å². The molecule has 0 atom stereocenters. The Labute approximate surface area is 102 Å². The first-order valence-electron chi connectivity index (χ1n) is 5.48. The highest BCUT2D eigenvalue weighted by Gasteiger charge is 2.02. The van der Waals surface area contributed by atoms with E-state index < -0.39 is 0 Å². The second-order valence-corrected chi connectivity index (χ2v) is 3.51. The largest absolute Gasteiger partial charge is 0.481 e. The molecule has 0 fully saturated rings. The summed E-state index contributed by atoms with van der Waals surface area (Å²) < 4.78 is 6.87. The average Bonchev–Trinajstić information content (AvgIpc) is 2.58. The quantitative estimate of drug-likeness (QED) is 0.456. The molecule has 0 spiro atoms. The minimum atomic E-state index is 0.617. The van der Waals surface area contributed by atoms with Crippen molar-refractivity contribution in [3.63, 3.8) is 0 Å². The van der Waals surface area contributed by atoms with E-state index in [0.717, 1.165) is 17.3 Å². The fraction of sp³-hybridized carbons (Fsp3) is 0.417. The third kappa shape index (κ3) is 3.86. The van der Waals surface area contributed by atoms with Crippen molar-refractivity contribution in [2.24, 2.45) is 4.99 Å². The lowest BCUT2D eigenvalue weighted by molar-refractivity contribution is 0.324. The first-order chi connectivity index (χ1) is 8.04. The normalized spacial score (nSPS) is 12.1.